The third-order valence-electron chi connectivity index (χ3n) is 0.702. The maximum Gasteiger partial charge on any atom is 0.0533 e. The normalized spacial score (nSPS) is 9.30. The highest BCUT2D eigenvalue weighted by Crippen LogP contribution is 1.76. The van der Waals surface area contributed by atoms with E-state index in [4.69, 9.17) is 5.73 Å². The third kappa shape index (κ3) is 7.11. The van der Waals surface area contributed by atoms with E-state index < -0.39 is 0 Å². The molecule has 2 N–H and O–H groups in total. The first kappa shape index (κ1) is 11.9. The third-order valence-corrected chi connectivity index (χ3v) is 0.702. The van der Waals surface area contributed by atoms with Gasteiger partial charge < -0.3 is 5.73 Å². The average molecular weight is 140 g/mol. The Labute approximate surface area is 63.2 Å². The van der Waals surface area contributed by atoms with Gasteiger partial charge in [0.15, 0.2) is 0 Å². The lowest BCUT2D eigenvalue weighted by Crippen LogP contribution is -2.09. The number of nitrogens with zero attached hydrogens (tertiary/aromatic N) is 1. The number of hydrogen-bond acceptors (Lipinski definition) is 2. The monoisotopic (exact) mass is 140 g/mol. The number of hydrogen-bond donors (Lipinski definition) is 1. The molecule has 0 unspecified atom stereocenters. The van der Waals surface area contributed by atoms with Crippen LogP contribution in [0.1, 0.15) is 13.8 Å². The summed E-state index contributed by atoms with van der Waals surface area (Å²) in [6, 6.07) is 0. The second-order valence-corrected chi connectivity index (χ2v) is 1.21. The summed E-state index contributed by atoms with van der Waals surface area (Å²) in [5.74, 6) is 0. The van der Waals surface area contributed by atoms with Gasteiger partial charge in [-0.1, -0.05) is 27.0 Å². The molecule has 0 aromatic heterocycles. The second-order valence-electron chi connectivity index (χ2n) is 1.21. The van der Waals surface area contributed by atoms with Crippen LogP contribution in [0.3, 0.4) is 0 Å². The maximum absolute atomic E-state index is 5.22. The van der Waals surface area contributed by atoms with E-state index in [-0.39, 0.29) is 0 Å². The van der Waals surface area contributed by atoms with Gasteiger partial charge in [0.2, 0.25) is 0 Å². The molecule has 0 bridgehead atoms. The molecule has 0 amide bonds. The Morgan fingerprint density at radius 2 is 2.00 bits per heavy atom. The molecule has 0 aliphatic rings. The lowest BCUT2D eigenvalue weighted by Gasteiger charge is -1.88. The molecule has 2 nitrogen and oxygen atoms in total. The van der Waals surface area contributed by atoms with Crippen LogP contribution in [0.25, 0.3) is 0 Å². The van der Waals surface area contributed by atoms with Crippen LogP contribution in [0, 0.1) is 0 Å². The summed E-state index contributed by atoms with van der Waals surface area (Å²) >= 11 is 0. The van der Waals surface area contributed by atoms with Crippen molar-refractivity contribution in [2.24, 2.45) is 10.7 Å². The van der Waals surface area contributed by atoms with Crippen LogP contribution < -0.4 is 5.73 Å². The first-order valence-electron chi connectivity index (χ1n) is 3.35. The summed E-state index contributed by atoms with van der Waals surface area (Å²) in [5.41, 5.74) is 5.98. The summed E-state index contributed by atoms with van der Waals surface area (Å²) in [4.78, 5) is 3.80. The van der Waals surface area contributed by atoms with Crippen molar-refractivity contribution in [3.63, 3.8) is 0 Å². The minimum absolute atomic E-state index is 0.426. The standard InChI is InChI=1S/C6H10N2.C2H6/c1-3-6(5-7)8-4-2;1-2/h3-4H,1-2,5,7H2;1-2H3. The fraction of sp³-hybridized carbons (Fsp3) is 0.375. The molecule has 0 aromatic carbocycles. The fourth-order valence-electron chi connectivity index (χ4n) is 0.306. The van der Waals surface area contributed by atoms with Gasteiger partial charge in [-0.25, -0.2) is 0 Å². The number of aliphatic imine (C=N–C) groups is 1. The van der Waals surface area contributed by atoms with E-state index in [0.717, 1.165) is 5.71 Å². The van der Waals surface area contributed by atoms with Gasteiger partial charge in [0.05, 0.1) is 5.71 Å². The molecule has 58 valence electrons. The average Bonchev–Trinajstić information content (AvgIpc) is 2.04. The predicted octanol–water partition coefficient (Wildman–Crippen LogP) is 1.74. The minimum atomic E-state index is 0.426. The van der Waals surface area contributed by atoms with Gasteiger partial charge in [0.25, 0.3) is 0 Å². The molecule has 0 rings (SSSR count). The molecular weight excluding hydrogens is 124 g/mol. The van der Waals surface area contributed by atoms with Crippen LogP contribution in [-0.2, 0) is 0 Å². The van der Waals surface area contributed by atoms with E-state index in [0.29, 0.717) is 6.54 Å². The summed E-state index contributed by atoms with van der Waals surface area (Å²) < 4.78 is 0. The molecule has 10 heavy (non-hydrogen) atoms. The van der Waals surface area contributed by atoms with Gasteiger partial charge in [-0.3, -0.25) is 4.99 Å². The molecule has 0 fully saturated rings. The van der Waals surface area contributed by atoms with E-state index in [2.05, 4.69) is 18.2 Å². The first-order valence-corrected chi connectivity index (χ1v) is 3.35. The molecule has 0 radical (unpaired) electrons. The van der Waals surface area contributed by atoms with Gasteiger partial charge in [-0.05, 0) is 6.08 Å². The van der Waals surface area contributed by atoms with Crippen molar-refractivity contribution in [1.82, 2.24) is 0 Å². The molecule has 0 aliphatic carbocycles. The van der Waals surface area contributed by atoms with Crippen LogP contribution in [0.2, 0.25) is 0 Å². The Hall–Kier alpha value is -0.890. The van der Waals surface area contributed by atoms with Gasteiger partial charge in [0.1, 0.15) is 0 Å². The van der Waals surface area contributed by atoms with E-state index >= 15 is 0 Å². The van der Waals surface area contributed by atoms with Crippen molar-refractivity contribution >= 4 is 5.71 Å². The molecule has 0 aromatic rings. The molecule has 0 heterocycles. The molecule has 2 heteroatoms. The zero-order valence-electron chi connectivity index (χ0n) is 6.80. The van der Waals surface area contributed by atoms with Crippen LogP contribution in [0.15, 0.2) is 30.4 Å². The highest BCUT2D eigenvalue weighted by molar-refractivity contribution is 5.96. The van der Waals surface area contributed by atoms with Gasteiger partial charge >= 0.3 is 0 Å². The Bertz CT molecular complexity index is 114. The van der Waals surface area contributed by atoms with E-state index in [1.165, 1.54) is 6.20 Å². The maximum atomic E-state index is 5.22. The molecule has 0 atom stereocenters. The van der Waals surface area contributed by atoms with Crippen molar-refractivity contribution in [3.8, 4) is 0 Å². The topological polar surface area (TPSA) is 38.4 Å². The zero-order chi connectivity index (χ0) is 8.41. The van der Waals surface area contributed by atoms with Crippen molar-refractivity contribution in [1.29, 1.82) is 0 Å². The fourth-order valence-corrected chi connectivity index (χ4v) is 0.306. The summed E-state index contributed by atoms with van der Waals surface area (Å²) in [5, 5.41) is 0. The highest BCUT2D eigenvalue weighted by Gasteiger charge is 1.81. The second kappa shape index (κ2) is 11.0. The molecule has 0 aliphatic heterocycles. The first-order chi connectivity index (χ1) is 4.85. The Balaban J connectivity index is 0. The Morgan fingerprint density at radius 3 is 2.10 bits per heavy atom. The van der Waals surface area contributed by atoms with E-state index in [1.54, 1.807) is 6.08 Å². The summed E-state index contributed by atoms with van der Waals surface area (Å²) in [6.45, 7) is 11.3. The summed E-state index contributed by atoms with van der Waals surface area (Å²) in [7, 11) is 0. The quantitative estimate of drug-likeness (QED) is 0.596. The molecule has 0 spiro atoms. The van der Waals surface area contributed by atoms with Crippen LogP contribution in [0.4, 0.5) is 0 Å². The number of rotatable bonds is 3. The van der Waals surface area contributed by atoms with Crippen LogP contribution in [0.5, 0.6) is 0 Å². The van der Waals surface area contributed by atoms with Crippen molar-refractivity contribution in [2.45, 2.75) is 13.8 Å². The SMILES string of the molecule is C=CN=C(C=C)CN.CC. The lowest BCUT2D eigenvalue weighted by atomic mass is 10.4. The van der Waals surface area contributed by atoms with Gasteiger partial charge in [-0.2, -0.15) is 0 Å². The van der Waals surface area contributed by atoms with Crippen molar-refractivity contribution < 1.29 is 0 Å². The zero-order valence-corrected chi connectivity index (χ0v) is 6.80. The molecule has 0 saturated carbocycles. The van der Waals surface area contributed by atoms with Crippen LogP contribution >= 0.6 is 0 Å². The smallest absolute Gasteiger partial charge is 0.0533 e. The molecular formula is C8H16N2. The van der Waals surface area contributed by atoms with Gasteiger partial charge in [-0.15, -0.1) is 0 Å². The van der Waals surface area contributed by atoms with Crippen molar-refractivity contribution in [2.75, 3.05) is 6.54 Å². The van der Waals surface area contributed by atoms with Gasteiger partial charge in [0, 0.05) is 12.7 Å². The Kier molecular flexibility index (Phi) is 13.0. The largest absolute Gasteiger partial charge is 0.325 e. The van der Waals surface area contributed by atoms with Crippen molar-refractivity contribution in [3.05, 3.63) is 25.4 Å². The summed E-state index contributed by atoms with van der Waals surface area (Å²) in [6.07, 6.45) is 3.06. The highest BCUT2D eigenvalue weighted by atomic mass is 14.7. The predicted molar refractivity (Wildman–Crippen MR) is 48.2 cm³/mol. The van der Waals surface area contributed by atoms with E-state index in [9.17, 15) is 0 Å². The minimum Gasteiger partial charge on any atom is -0.325 e. The lowest BCUT2D eigenvalue weighted by molar-refractivity contribution is 1.30. The number of nitrogens with two attached hydrogens (primary N) is 1. The van der Waals surface area contributed by atoms with Crippen LogP contribution in [-0.4, -0.2) is 12.3 Å². The molecule has 0 saturated heterocycles. The van der Waals surface area contributed by atoms with E-state index in [1.807, 2.05) is 13.8 Å². The Morgan fingerprint density at radius 1 is 1.50 bits per heavy atom.